The topological polar surface area (TPSA) is 96.5 Å². The van der Waals surface area contributed by atoms with Crippen molar-refractivity contribution in [2.45, 2.75) is 19.9 Å². The molecule has 0 fully saturated rings. The summed E-state index contributed by atoms with van der Waals surface area (Å²) in [4.78, 5) is 10.5. The second-order valence-corrected chi connectivity index (χ2v) is 2.72. The van der Waals surface area contributed by atoms with Gasteiger partial charge in [0.2, 0.25) is 0 Å². The zero-order valence-electron chi connectivity index (χ0n) is 7.05. The minimum Gasteiger partial charge on any atom is -0.544 e. The van der Waals surface area contributed by atoms with E-state index in [4.69, 9.17) is 0 Å². The minimum absolute atomic E-state index is 0.620. The Morgan fingerprint density at radius 1 is 1.67 bits per heavy atom. The van der Waals surface area contributed by atoms with Crippen LogP contribution in [0.3, 0.4) is 0 Å². The number of aryl methyl sites for hydroxylation is 2. The van der Waals surface area contributed by atoms with Crippen molar-refractivity contribution >= 4 is 5.97 Å². The molecule has 0 aliphatic heterocycles. The normalized spacial score (nSPS) is 12.9. The summed E-state index contributed by atoms with van der Waals surface area (Å²) in [6, 6.07) is -0.844. The zero-order valence-corrected chi connectivity index (χ0v) is 7.05. The molecule has 5 nitrogen and oxygen atoms in total. The summed E-state index contributed by atoms with van der Waals surface area (Å²) in [5, 5.41) is 17.0. The van der Waals surface area contributed by atoms with Crippen LogP contribution in [0.25, 0.3) is 0 Å². The maximum Gasteiger partial charge on any atom is 0.154 e. The van der Waals surface area contributed by atoms with Crippen LogP contribution in [0.15, 0.2) is 0 Å². The number of hydrogen-bond donors (Lipinski definition) is 2. The van der Waals surface area contributed by atoms with Crippen LogP contribution in [0, 0.1) is 13.8 Å². The van der Waals surface area contributed by atoms with E-state index in [9.17, 15) is 9.90 Å². The number of carboxylic acids is 1. The van der Waals surface area contributed by atoms with E-state index < -0.39 is 12.0 Å². The molecule has 1 aromatic heterocycles. The molecule has 0 bridgehead atoms. The van der Waals surface area contributed by atoms with Crippen molar-refractivity contribution in [3.05, 3.63) is 17.0 Å². The van der Waals surface area contributed by atoms with Crippen LogP contribution in [0.4, 0.5) is 0 Å². The summed E-state index contributed by atoms with van der Waals surface area (Å²) < 4.78 is 0. The molecular weight excluding hydrogens is 158 g/mol. The Morgan fingerprint density at radius 3 is 2.58 bits per heavy atom. The van der Waals surface area contributed by atoms with E-state index in [1.807, 2.05) is 0 Å². The first-order valence-corrected chi connectivity index (χ1v) is 3.59. The van der Waals surface area contributed by atoms with Crippen molar-refractivity contribution in [3.8, 4) is 0 Å². The summed E-state index contributed by atoms with van der Waals surface area (Å²) in [7, 11) is 0. The number of aliphatic carboxylic acids is 1. The lowest BCUT2D eigenvalue weighted by Gasteiger charge is -2.08. The number of carbonyl (C=O) groups is 1. The van der Waals surface area contributed by atoms with Crippen LogP contribution >= 0.6 is 0 Å². The Balaban J connectivity index is 3.08. The highest BCUT2D eigenvalue weighted by atomic mass is 16.4. The van der Waals surface area contributed by atoms with Gasteiger partial charge in [0.15, 0.2) is 6.04 Å². The summed E-state index contributed by atoms with van der Waals surface area (Å²) in [5.74, 6) is -1.18. The van der Waals surface area contributed by atoms with Gasteiger partial charge in [-0.15, -0.1) is 0 Å². The second-order valence-electron chi connectivity index (χ2n) is 2.72. The molecule has 0 spiro atoms. The first-order valence-electron chi connectivity index (χ1n) is 3.59. The predicted octanol–water partition coefficient (Wildman–Crippen LogP) is -1.94. The van der Waals surface area contributed by atoms with Crippen LogP contribution in [-0.4, -0.2) is 16.2 Å². The molecule has 1 aromatic rings. The molecule has 12 heavy (non-hydrogen) atoms. The smallest absolute Gasteiger partial charge is 0.154 e. The van der Waals surface area contributed by atoms with Gasteiger partial charge in [-0.2, -0.15) is 5.10 Å². The van der Waals surface area contributed by atoms with Gasteiger partial charge in [0.05, 0.1) is 11.3 Å². The lowest BCUT2D eigenvalue weighted by Crippen LogP contribution is -2.61. The van der Waals surface area contributed by atoms with Gasteiger partial charge < -0.3 is 15.6 Å². The van der Waals surface area contributed by atoms with Crippen LogP contribution in [-0.2, 0) is 4.79 Å². The highest BCUT2D eigenvalue weighted by Crippen LogP contribution is 2.14. The average Bonchev–Trinajstić information content (AvgIpc) is 2.30. The number of hydrogen-bond acceptors (Lipinski definition) is 3. The monoisotopic (exact) mass is 169 g/mol. The van der Waals surface area contributed by atoms with E-state index in [0.29, 0.717) is 11.3 Å². The molecule has 4 N–H and O–H groups in total. The number of nitrogens with one attached hydrogen (secondary N) is 1. The lowest BCUT2D eigenvalue weighted by atomic mass is 10.1. The number of aromatic amines is 1. The highest BCUT2D eigenvalue weighted by molar-refractivity contribution is 5.72. The van der Waals surface area contributed by atoms with Gasteiger partial charge in [-0.1, -0.05) is 0 Å². The van der Waals surface area contributed by atoms with Crippen LogP contribution in [0.2, 0.25) is 0 Å². The highest BCUT2D eigenvalue weighted by Gasteiger charge is 2.18. The lowest BCUT2D eigenvalue weighted by molar-refractivity contribution is -0.443. The number of H-pyrrole nitrogens is 1. The van der Waals surface area contributed by atoms with E-state index >= 15 is 0 Å². The summed E-state index contributed by atoms with van der Waals surface area (Å²) >= 11 is 0. The zero-order chi connectivity index (χ0) is 9.30. The third-order valence-corrected chi connectivity index (χ3v) is 1.82. The number of carboxylic acid groups (broad SMARTS) is 1. The maximum absolute atomic E-state index is 10.5. The third kappa shape index (κ3) is 1.31. The SMILES string of the molecule is Cc1n[nH]c(C)c1[C@@H]([NH3+])C(=O)[O-]. The van der Waals surface area contributed by atoms with Crippen molar-refractivity contribution in [2.24, 2.45) is 0 Å². The molecule has 0 aliphatic rings. The Morgan fingerprint density at radius 2 is 2.25 bits per heavy atom. The van der Waals surface area contributed by atoms with Crippen molar-refractivity contribution in [1.82, 2.24) is 10.2 Å². The molecule has 1 rings (SSSR count). The summed E-state index contributed by atoms with van der Waals surface area (Å²) in [6.07, 6.45) is 0. The van der Waals surface area contributed by atoms with Crippen LogP contribution in [0.5, 0.6) is 0 Å². The second kappa shape index (κ2) is 2.94. The molecule has 0 amide bonds. The number of aromatic nitrogens is 2. The third-order valence-electron chi connectivity index (χ3n) is 1.82. The standard InChI is InChI=1S/C7H11N3O2/c1-3-5(4(2)10-9-3)6(8)7(11)12/h6H,8H2,1-2H3,(H,9,10)(H,11,12)/t6-/m1/s1. The van der Waals surface area contributed by atoms with Gasteiger partial charge >= 0.3 is 0 Å². The largest absolute Gasteiger partial charge is 0.544 e. The number of nitrogens with zero attached hydrogens (tertiary/aromatic N) is 1. The van der Waals surface area contributed by atoms with E-state index in [2.05, 4.69) is 15.9 Å². The van der Waals surface area contributed by atoms with Gasteiger partial charge in [-0.3, -0.25) is 5.10 Å². The molecule has 0 unspecified atom stereocenters. The number of carbonyl (C=O) groups excluding carboxylic acids is 1. The summed E-state index contributed by atoms with van der Waals surface area (Å²) in [6.45, 7) is 3.50. The van der Waals surface area contributed by atoms with Crippen molar-refractivity contribution in [1.29, 1.82) is 0 Å². The molecular formula is C7H11N3O2. The van der Waals surface area contributed by atoms with E-state index in [1.54, 1.807) is 13.8 Å². The molecule has 0 aromatic carbocycles. The maximum atomic E-state index is 10.5. The molecule has 0 saturated carbocycles. The van der Waals surface area contributed by atoms with E-state index in [-0.39, 0.29) is 0 Å². The van der Waals surface area contributed by atoms with Crippen LogP contribution in [0.1, 0.15) is 23.0 Å². The molecule has 66 valence electrons. The fraction of sp³-hybridized carbons (Fsp3) is 0.429. The molecule has 0 radical (unpaired) electrons. The minimum atomic E-state index is -1.18. The van der Waals surface area contributed by atoms with Crippen LogP contribution < -0.4 is 10.8 Å². The van der Waals surface area contributed by atoms with Gasteiger partial charge in [0.25, 0.3) is 0 Å². The molecule has 0 saturated heterocycles. The van der Waals surface area contributed by atoms with Gasteiger partial charge in [0.1, 0.15) is 5.97 Å². The summed E-state index contributed by atoms with van der Waals surface area (Å²) in [5.41, 5.74) is 5.50. The molecule has 5 heteroatoms. The molecule has 0 aliphatic carbocycles. The fourth-order valence-electron chi connectivity index (χ4n) is 1.19. The van der Waals surface area contributed by atoms with Gasteiger partial charge in [-0.25, -0.2) is 0 Å². The predicted molar refractivity (Wildman–Crippen MR) is 38.7 cm³/mol. The van der Waals surface area contributed by atoms with Crippen molar-refractivity contribution in [3.63, 3.8) is 0 Å². The fourth-order valence-corrected chi connectivity index (χ4v) is 1.19. The van der Waals surface area contributed by atoms with E-state index in [1.165, 1.54) is 0 Å². The van der Waals surface area contributed by atoms with E-state index in [0.717, 1.165) is 5.69 Å². The number of rotatable bonds is 2. The number of quaternary nitrogens is 1. The van der Waals surface area contributed by atoms with Gasteiger partial charge in [0, 0.05) is 5.69 Å². The Labute approximate surface area is 69.6 Å². The molecule has 1 heterocycles. The average molecular weight is 169 g/mol. The molecule has 1 atom stereocenters. The quantitative estimate of drug-likeness (QED) is 0.539. The van der Waals surface area contributed by atoms with Crippen molar-refractivity contribution < 1.29 is 15.6 Å². The Kier molecular flexibility index (Phi) is 2.14. The van der Waals surface area contributed by atoms with Gasteiger partial charge in [-0.05, 0) is 13.8 Å². The first-order chi connectivity index (χ1) is 5.54. The first kappa shape index (κ1) is 8.73. The Hall–Kier alpha value is -1.36. The Bertz CT molecular complexity index is 286. The van der Waals surface area contributed by atoms with Crippen molar-refractivity contribution in [2.75, 3.05) is 0 Å².